The smallest absolute Gasteiger partial charge is 0.222 e. The molecule has 0 fully saturated rings. The maximum Gasteiger partial charge on any atom is 0.222 e. The third-order valence-electron chi connectivity index (χ3n) is 2.61. The lowest BCUT2D eigenvalue weighted by Gasteiger charge is -2.09. The summed E-state index contributed by atoms with van der Waals surface area (Å²) >= 11 is 0. The second kappa shape index (κ2) is 4.39. The zero-order valence-corrected chi connectivity index (χ0v) is 9.64. The topological polar surface area (TPSA) is 104 Å². The number of nitrogens with zero attached hydrogens (tertiary/aromatic N) is 2. The van der Waals surface area contributed by atoms with Crippen molar-refractivity contribution in [3.05, 3.63) is 35.5 Å². The molecule has 6 N–H and O–H groups in total. The Morgan fingerprint density at radius 1 is 1.06 bits per heavy atom. The minimum Gasteiger partial charge on any atom is -0.383 e. The lowest BCUT2D eigenvalue weighted by atomic mass is 10.0. The Morgan fingerprint density at radius 2 is 1.71 bits per heavy atom. The van der Waals surface area contributed by atoms with E-state index >= 15 is 0 Å². The molecule has 0 aliphatic rings. The van der Waals surface area contributed by atoms with Crippen molar-refractivity contribution in [3.8, 4) is 11.1 Å². The van der Waals surface area contributed by atoms with Gasteiger partial charge < -0.3 is 17.2 Å². The second-order valence-corrected chi connectivity index (χ2v) is 3.83. The van der Waals surface area contributed by atoms with Crippen LogP contribution in [-0.2, 0) is 6.54 Å². The molecule has 0 amide bonds. The van der Waals surface area contributed by atoms with Crippen LogP contribution in [0.25, 0.3) is 11.1 Å². The number of benzene rings is 1. The molecule has 2 rings (SSSR count). The number of nitrogen functional groups attached to an aromatic ring is 2. The molecular formula is C12H15N5. The summed E-state index contributed by atoms with van der Waals surface area (Å²) in [5, 5.41) is 0. The molecule has 0 unspecified atom stereocenters. The lowest BCUT2D eigenvalue weighted by molar-refractivity contribution is 1.07. The summed E-state index contributed by atoms with van der Waals surface area (Å²) < 4.78 is 0. The molecule has 0 aliphatic carbocycles. The van der Waals surface area contributed by atoms with Crippen molar-refractivity contribution in [2.24, 2.45) is 5.73 Å². The molecule has 0 spiro atoms. The average Bonchev–Trinajstić information content (AvgIpc) is 2.28. The molecule has 1 aromatic heterocycles. The molecule has 1 aromatic carbocycles. The molecule has 0 atom stereocenters. The van der Waals surface area contributed by atoms with Crippen LogP contribution in [0.4, 0.5) is 11.8 Å². The van der Waals surface area contributed by atoms with Crippen molar-refractivity contribution in [3.63, 3.8) is 0 Å². The van der Waals surface area contributed by atoms with E-state index < -0.39 is 0 Å². The lowest BCUT2D eigenvalue weighted by Crippen LogP contribution is -2.04. The van der Waals surface area contributed by atoms with Gasteiger partial charge in [0.1, 0.15) is 5.82 Å². The zero-order valence-electron chi connectivity index (χ0n) is 9.64. The van der Waals surface area contributed by atoms with Crippen molar-refractivity contribution in [1.29, 1.82) is 0 Å². The highest BCUT2D eigenvalue weighted by molar-refractivity contribution is 5.76. The first kappa shape index (κ1) is 11.3. The van der Waals surface area contributed by atoms with E-state index in [9.17, 15) is 0 Å². The predicted molar refractivity (Wildman–Crippen MR) is 68.9 cm³/mol. The van der Waals surface area contributed by atoms with Gasteiger partial charge in [-0.1, -0.05) is 24.3 Å². The van der Waals surface area contributed by atoms with Gasteiger partial charge in [0.15, 0.2) is 0 Å². The molecule has 2 aromatic rings. The van der Waals surface area contributed by atoms with Gasteiger partial charge in [-0.2, -0.15) is 4.98 Å². The SMILES string of the molecule is Cc1nc(N)nc(N)c1-c1ccc(CN)cc1. The van der Waals surface area contributed by atoms with Crippen LogP contribution < -0.4 is 17.2 Å². The Kier molecular flexibility index (Phi) is 2.93. The van der Waals surface area contributed by atoms with E-state index in [-0.39, 0.29) is 5.95 Å². The van der Waals surface area contributed by atoms with Gasteiger partial charge in [-0.25, -0.2) is 4.98 Å². The summed E-state index contributed by atoms with van der Waals surface area (Å²) in [4.78, 5) is 8.09. The maximum atomic E-state index is 5.87. The molecule has 0 bridgehead atoms. The number of aromatic nitrogens is 2. The number of nitrogens with two attached hydrogens (primary N) is 3. The summed E-state index contributed by atoms with van der Waals surface area (Å²) in [6, 6.07) is 7.84. The first-order valence-electron chi connectivity index (χ1n) is 5.30. The van der Waals surface area contributed by atoms with E-state index in [0.29, 0.717) is 12.4 Å². The van der Waals surface area contributed by atoms with Crippen molar-refractivity contribution < 1.29 is 0 Å². The van der Waals surface area contributed by atoms with Gasteiger partial charge >= 0.3 is 0 Å². The van der Waals surface area contributed by atoms with Crippen LogP contribution >= 0.6 is 0 Å². The van der Waals surface area contributed by atoms with E-state index in [1.807, 2.05) is 31.2 Å². The highest BCUT2D eigenvalue weighted by Gasteiger charge is 2.09. The molecule has 0 saturated carbocycles. The Bertz CT molecular complexity index is 510. The van der Waals surface area contributed by atoms with Gasteiger partial charge in [0, 0.05) is 12.1 Å². The average molecular weight is 229 g/mol. The summed E-state index contributed by atoms with van der Waals surface area (Å²) in [5.74, 6) is 0.595. The van der Waals surface area contributed by atoms with E-state index in [0.717, 1.165) is 22.4 Å². The Morgan fingerprint density at radius 3 is 2.24 bits per heavy atom. The van der Waals surface area contributed by atoms with Gasteiger partial charge in [0.2, 0.25) is 5.95 Å². The molecule has 0 saturated heterocycles. The van der Waals surface area contributed by atoms with Crippen LogP contribution in [0.2, 0.25) is 0 Å². The minimum absolute atomic E-state index is 0.197. The normalized spacial score (nSPS) is 10.5. The summed E-state index contributed by atoms with van der Waals surface area (Å²) in [6.45, 7) is 2.38. The summed E-state index contributed by atoms with van der Waals surface area (Å²) in [7, 11) is 0. The Hall–Kier alpha value is -2.14. The molecule has 88 valence electrons. The van der Waals surface area contributed by atoms with E-state index in [2.05, 4.69) is 9.97 Å². The number of aryl methyl sites for hydroxylation is 1. The van der Waals surface area contributed by atoms with E-state index in [1.165, 1.54) is 0 Å². The quantitative estimate of drug-likeness (QED) is 0.714. The van der Waals surface area contributed by atoms with Crippen LogP contribution in [0, 0.1) is 6.92 Å². The highest BCUT2D eigenvalue weighted by Crippen LogP contribution is 2.27. The standard InChI is InChI=1S/C12H15N5/c1-7-10(11(14)17-12(15)16-7)9-4-2-8(6-13)3-5-9/h2-5H,6,13H2,1H3,(H4,14,15,16,17). The number of hydrogen-bond donors (Lipinski definition) is 3. The highest BCUT2D eigenvalue weighted by atomic mass is 15.0. The van der Waals surface area contributed by atoms with Crippen molar-refractivity contribution in [1.82, 2.24) is 9.97 Å². The molecule has 0 radical (unpaired) electrons. The number of anilines is 2. The van der Waals surface area contributed by atoms with Gasteiger partial charge in [0.25, 0.3) is 0 Å². The molecule has 1 heterocycles. The van der Waals surface area contributed by atoms with Gasteiger partial charge in [-0.3, -0.25) is 0 Å². The molecule has 5 heteroatoms. The van der Waals surface area contributed by atoms with Crippen LogP contribution in [0.1, 0.15) is 11.3 Å². The second-order valence-electron chi connectivity index (χ2n) is 3.83. The van der Waals surface area contributed by atoms with Crippen molar-refractivity contribution in [2.75, 3.05) is 11.5 Å². The van der Waals surface area contributed by atoms with Gasteiger partial charge in [0.05, 0.1) is 5.69 Å². The first-order valence-corrected chi connectivity index (χ1v) is 5.30. The fraction of sp³-hybridized carbons (Fsp3) is 0.167. The molecule has 17 heavy (non-hydrogen) atoms. The third kappa shape index (κ3) is 2.19. The van der Waals surface area contributed by atoms with Gasteiger partial charge in [-0.15, -0.1) is 0 Å². The Balaban J connectivity index is 2.52. The number of rotatable bonds is 2. The maximum absolute atomic E-state index is 5.87. The van der Waals surface area contributed by atoms with Crippen LogP contribution in [0.15, 0.2) is 24.3 Å². The monoisotopic (exact) mass is 229 g/mol. The van der Waals surface area contributed by atoms with Crippen LogP contribution in [0.5, 0.6) is 0 Å². The minimum atomic E-state index is 0.197. The molecule has 0 aliphatic heterocycles. The van der Waals surface area contributed by atoms with E-state index in [1.54, 1.807) is 0 Å². The zero-order chi connectivity index (χ0) is 12.4. The molecular weight excluding hydrogens is 214 g/mol. The molecule has 5 nitrogen and oxygen atoms in total. The summed E-state index contributed by atoms with van der Waals surface area (Å²) in [6.07, 6.45) is 0. The van der Waals surface area contributed by atoms with E-state index in [4.69, 9.17) is 17.2 Å². The van der Waals surface area contributed by atoms with Crippen LogP contribution in [0.3, 0.4) is 0 Å². The van der Waals surface area contributed by atoms with Gasteiger partial charge in [-0.05, 0) is 18.1 Å². The summed E-state index contributed by atoms with van der Waals surface area (Å²) in [5.41, 5.74) is 20.6. The van der Waals surface area contributed by atoms with Crippen molar-refractivity contribution >= 4 is 11.8 Å². The predicted octanol–water partition coefficient (Wildman–Crippen LogP) is 1.08. The third-order valence-corrected chi connectivity index (χ3v) is 2.61. The number of hydrogen-bond acceptors (Lipinski definition) is 5. The first-order chi connectivity index (χ1) is 8.11. The largest absolute Gasteiger partial charge is 0.383 e. The fourth-order valence-electron chi connectivity index (χ4n) is 1.78. The van der Waals surface area contributed by atoms with Crippen LogP contribution in [-0.4, -0.2) is 9.97 Å². The van der Waals surface area contributed by atoms with Crippen molar-refractivity contribution in [2.45, 2.75) is 13.5 Å². The Labute approximate surface area is 99.7 Å². The fourth-order valence-corrected chi connectivity index (χ4v) is 1.78.